The Bertz CT molecular complexity index is 1070. The molecule has 6 nitrogen and oxygen atoms in total. The smallest absolute Gasteiger partial charge is 0.320 e. The van der Waals surface area contributed by atoms with Crippen molar-refractivity contribution in [3.63, 3.8) is 0 Å². The van der Waals surface area contributed by atoms with E-state index in [1.54, 1.807) is 60.7 Å². The molecule has 0 saturated heterocycles. The Labute approximate surface area is 162 Å². The van der Waals surface area contributed by atoms with Crippen LogP contribution in [0.1, 0.15) is 21.5 Å². The normalized spacial score (nSPS) is 9.86. The lowest BCUT2D eigenvalue weighted by molar-refractivity contribution is 0.102. The van der Waals surface area contributed by atoms with Crippen LogP contribution in [0.3, 0.4) is 0 Å². The Kier molecular flexibility index (Phi) is 5.68. The zero-order valence-electron chi connectivity index (χ0n) is 15.2. The number of carbonyl (C=O) groups excluding carboxylic acids is 2. The lowest BCUT2D eigenvalue weighted by Gasteiger charge is -2.14. The molecule has 3 rings (SSSR count). The van der Waals surface area contributed by atoms with Crippen molar-refractivity contribution in [2.24, 2.45) is 0 Å². The van der Waals surface area contributed by atoms with Crippen molar-refractivity contribution in [2.75, 3.05) is 16.0 Å². The Hall–Kier alpha value is -4.11. The third kappa shape index (κ3) is 4.34. The second kappa shape index (κ2) is 8.52. The molecule has 3 N–H and O–H groups in total. The maximum atomic E-state index is 12.6. The highest BCUT2D eigenvalue weighted by molar-refractivity contribution is 6.09. The van der Waals surface area contributed by atoms with Gasteiger partial charge in [-0.3, -0.25) is 4.79 Å². The fraction of sp³-hybridized carbons (Fsp3) is 0.0455. The molecule has 0 spiro atoms. The number of benzene rings is 3. The monoisotopic (exact) mass is 370 g/mol. The minimum atomic E-state index is -0.514. The standard InChI is InChI=1S/C22H18N4O2/c1-15-8-2-4-10-17(15)21(27)24-19-12-6-7-13-20(19)26-22(28)25-18-11-5-3-9-16(18)14-23/h2-13H,1H3,(H,24,27)(H2,25,26,28). The van der Waals surface area contributed by atoms with E-state index < -0.39 is 6.03 Å². The molecule has 0 atom stereocenters. The zero-order chi connectivity index (χ0) is 19.9. The van der Waals surface area contributed by atoms with Gasteiger partial charge < -0.3 is 16.0 Å². The van der Waals surface area contributed by atoms with Gasteiger partial charge in [-0.25, -0.2) is 4.79 Å². The molecule has 6 heteroatoms. The van der Waals surface area contributed by atoms with Gasteiger partial charge in [-0.15, -0.1) is 0 Å². The summed E-state index contributed by atoms with van der Waals surface area (Å²) in [6.07, 6.45) is 0. The maximum absolute atomic E-state index is 12.6. The SMILES string of the molecule is Cc1ccccc1C(=O)Nc1ccccc1NC(=O)Nc1ccccc1C#N. The number of nitrogens with zero attached hydrogens (tertiary/aromatic N) is 1. The molecule has 3 amide bonds. The summed E-state index contributed by atoms with van der Waals surface area (Å²) >= 11 is 0. The Morgan fingerprint density at radius 2 is 1.29 bits per heavy atom. The van der Waals surface area contributed by atoms with Gasteiger partial charge in [0.2, 0.25) is 0 Å². The zero-order valence-corrected chi connectivity index (χ0v) is 15.2. The number of para-hydroxylation sites is 3. The Morgan fingerprint density at radius 3 is 1.96 bits per heavy atom. The van der Waals surface area contributed by atoms with Crippen molar-refractivity contribution in [2.45, 2.75) is 6.92 Å². The van der Waals surface area contributed by atoms with E-state index in [4.69, 9.17) is 5.26 Å². The van der Waals surface area contributed by atoms with Crippen LogP contribution >= 0.6 is 0 Å². The maximum Gasteiger partial charge on any atom is 0.323 e. The highest BCUT2D eigenvalue weighted by Crippen LogP contribution is 2.23. The molecule has 0 fully saturated rings. The van der Waals surface area contributed by atoms with Crippen molar-refractivity contribution < 1.29 is 9.59 Å². The van der Waals surface area contributed by atoms with Gasteiger partial charge in [-0.2, -0.15) is 5.26 Å². The lowest BCUT2D eigenvalue weighted by atomic mass is 10.1. The van der Waals surface area contributed by atoms with E-state index in [1.807, 2.05) is 25.1 Å². The fourth-order valence-electron chi connectivity index (χ4n) is 2.68. The van der Waals surface area contributed by atoms with Crippen LogP contribution in [-0.2, 0) is 0 Å². The van der Waals surface area contributed by atoms with Crippen molar-refractivity contribution in [1.29, 1.82) is 5.26 Å². The van der Waals surface area contributed by atoms with E-state index in [-0.39, 0.29) is 5.91 Å². The van der Waals surface area contributed by atoms with Crippen LogP contribution in [0.4, 0.5) is 21.9 Å². The molecule has 138 valence electrons. The number of hydrogen-bond donors (Lipinski definition) is 3. The van der Waals surface area contributed by atoms with Gasteiger partial charge in [0.25, 0.3) is 5.91 Å². The van der Waals surface area contributed by atoms with Gasteiger partial charge in [0.05, 0.1) is 22.6 Å². The van der Waals surface area contributed by atoms with Gasteiger partial charge in [0.15, 0.2) is 0 Å². The average Bonchev–Trinajstić information content (AvgIpc) is 2.70. The third-order valence-electron chi connectivity index (χ3n) is 4.11. The van der Waals surface area contributed by atoms with Crippen LogP contribution in [0.5, 0.6) is 0 Å². The topological polar surface area (TPSA) is 94.0 Å². The molecule has 0 saturated carbocycles. The molecule has 0 bridgehead atoms. The van der Waals surface area contributed by atoms with Crippen molar-refractivity contribution in [3.05, 3.63) is 89.5 Å². The summed E-state index contributed by atoms with van der Waals surface area (Å²) in [4.78, 5) is 24.9. The molecule has 0 heterocycles. The fourth-order valence-corrected chi connectivity index (χ4v) is 2.68. The highest BCUT2D eigenvalue weighted by Gasteiger charge is 2.13. The number of amides is 3. The molecule has 28 heavy (non-hydrogen) atoms. The van der Waals surface area contributed by atoms with Gasteiger partial charge in [-0.05, 0) is 42.8 Å². The van der Waals surface area contributed by atoms with E-state index in [1.165, 1.54) is 0 Å². The quantitative estimate of drug-likeness (QED) is 0.618. The molecule has 0 aliphatic carbocycles. The van der Waals surface area contributed by atoms with Crippen LogP contribution in [0, 0.1) is 18.3 Å². The molecule has 0 aromatic heterocycles. The summed E-state index contributed by atoms with van der Waals surface area (Å²) in [5, 5.41) is 17.3. The number of anilines is 3. The average molecular weight is 370 g/mol. The van der Waals surface area contributed by atoms with Crippen molar-refractivity contribution >= 4 is 29.0 Å². The minimum absolute atomic E-state index is 0.261. The van der Waals surface area contributed by atoms with Crippen molar-refractivity contribution in [1.82, 2.24) is 0 Å². The first-order valence-electron chi connectivity index (χ1n) is 8.61. The predicted molar refractivity (Wildman–Crippen MR) is 109 cm³/mol. The van der Waals surface area contributed by atoms with Gasteiger partial charge in [-0.1, -0.05) is 42.5 Å². The van der Waals surface area contributed by atoms with E-state index in [0.717, 1.165) is 5.56 Å². The molecule has 0 aliphatic rings. The molecule has 3 aromatic rings. The van der Waals surface area contributed by atoms with Crippen LogP contribution in [-0.4, -0.2) is 11.9 Å². The number of nitriles is 1. The molecule has 0 radical (unpaired) electrons. The summed E-state index contributed by atoms with van der Waals surface area (Å²) in [7, 11) is 0. The molecular formula is C22H18N4O2. The number of hydrogen-bond acceptors (Lipinski definition) is 3. The van der Waals surface area contributed by atoms with Gasteiger partial charge in [0, 0.05) is 5.56 Å². The second-order valence-corrected chi connectivity index (χ2v) is 6.05. The number of nitrogens with one attached hydrogen (secondary N) is 3. The van der Waals surface area contributed by atoms with Crippen LogP contribution < -0.4 is 16.0 Å². The van der Waals surface area contributed by atoms with E-state index >= 15 is 0 Å². The first kappa shape index (κ1) is 18.7. The second-order valence-electron chi connectivity index (χ2n) is 6.05. The van der Waals surface area contributed by atoms with Crippen molar-refractivity contribution in [3.8, 4) is 6.07 Å². The Morgan fingerprint density at radius 1 is 0.750 bits per heavy atom. The highest BCUT2D eigenvalue weighted by atomic mass is 16.2. The lowest BCUT2D eigenvalue weighted by Crippen LogP contribution is -2.22. The summed E-state index contributed by atoms with van der Waals surface area (Å²) in [6, 6.07) is 22.4. The Balaban J connectivity index is 1.75. The number of urea groups is 1. The van der Waals surface area contributed by atoms with E-state index in [0.29, 0.717) is 28.2 Å². The van der Waals surface area contributed by atoms with Crippen LogP contribution in [0.2, 0.25) is 0 Å². The third-order valence-corrected chi connectivity index (χ3v) is 4.11. The number of rotatable bonds is 4. The largest absolute Gasteiger partial charge is 0.323 e. The first-order valence-corrected chi connectivity index (χ1v) is 8.61. The summed E-state index contributed by atoms with van der Waals surface area (Å²) in [6.45, 7) is 1.86. The summed E-state index contributed by atoms with van der Waals surface area (Å²) < 4.78 is 0. The molecule has 0 unspecified atom stereocenters. The summed E-state index contributed by atoms with van der Waals surface area (Å²) in [5.74, 6) is -0.261. The first-order chi connectivity index (χ1) is 13.6. The molecular weight excluding hydrogens is 352 g/mol. The van der Waals surface area contributed by atoms with Gasteiger partial charge in [0.1, 0.15) is 6.07 Å². The van der Waals surface area contributed by atoms with Gasteiger partial charge >= 0.3 is 6.03 Å². The molecule has 3 aromatic carbocycles. The minimum Gasteiger partial charge on any atom is -0.320 e. The number of aryl methyl sites for hydroxylation is 1. The number of carbonyl (C=O) groups is 2. The van der Waals surface area contributed by atoms with Crippen LogP contribution in [0.15, 0.2) is 72.8 Å². The van der Waals surface area contributed by atoms with Crippen LogP contribution in [0.25, 0.3) is 0 Å². The molecule has 0 aliphatic heterocycles. The van der Waals surface area contributed by atoms with E-state index in [9.17, 15) is 9.59 Å². The predicted octanol–water partition coefficient (Wildman–Crippen LogP) is 4.76. The summed E-state index contributed by atoms with van der Waals surface area (Å²) in [5.41, 5.74) is 3.10. The van der Waals surface area contributed by atoms with E-state index in [2.05, 4.69) is 16.0 Å².